The van der Waals surface area contributed by atoms with E-state index >= 15 is 0 Å². The van der Waals surface area contributed by atoms with Gasteiger partial charge in [0.25, 0.3) is 0 Å². The van der Waals surface area contributed by atoms with Gasteiger partial charge in [0.15, 0.2) is 0 Å². The molecular formula is C24H29N5O2Si. The van der Waals surface area contributed by atoms with Gasteiger partial charge in [0.1, 0.15) is 23.8 Å². The van der Waals surface area contributed by atoms with Crippen LogP contribution in [0, 0.1) is 5.92 Å². The molecule has 0 aliphatic heterocycles. The van der Waals surface area contributed by atoms with Crippen molar-refractivity contribution >= 4 is 36.5 Å². The third-order valence-electron chi connectivity index (χ3n) is 5.85. The summed E-state index contributed by atoms with van der Waals surface area (Å²) in [6.07, 6.45) is 9.85. The summed E-state index contributed by atoms with van der Waals surface area (Å²) in [5.74, 6) is 0.793. The number of nitrogens with zero attached hydrogens (tertiary/aromatic N) is 4. The van der Waals surface area contributed by atoms with Crippen LogP contribution in [0.3, 0.4) is 0 Å². The summed E-state index contributed by atoms with van der Waals surface area (Å²) < 4.78 is 10.1. The van der Waals surface area contributed by atoms with Gasteiger partial charge in [-0.15, -0.1) is 0 Å². The maximum absolute atomic E-state index is 12.2. The number of rotatable bonds is 8. The van der Waals surface area contributed by atoms with E-state index in [-0.39, 0.29) is 11.8 Å². The second-order valence-corrected chi connectivity index (χ2v) is 15.4. The first-order valence-corrected chi connectivity index (χ1v) is 14.9. The Morgan fingerprint density at radius 1 is 1.19 bits per heavy atom. The summed E-state index contributed by atoms with van der Waals surface area (Å²) in [5.41, 5.74) is 3.89. The number of carbonyl (C=O) groups excluding carboxylic acids is 1. The molecule has 1 aliphatic carbocycles. The smallest absolute Gasteiger partial charge is 0.228 e. The number of hydrogen-bond acceptors (Lipinski definition) is 4. The summed E-state index contributed by atoms with van der Waals surface area (Å²) >= 11 is 0. The molecule has 0 unspecified atom stereocenters. The minimum atomic E-state index is -1.15. The molecule has 1 fully saturated rings. The Labute approximate surface area is 188 Å². The van der Waals surface area contributed by atoms with Gasteiger partial charge in [-0.3, -0.25) is 4.79 Å². The van der Waals surface area contributed by atoms with Crippen molar-refractivity contribution in [3.8, 4) is 11.1 Å². The van der Waals surface area contributed by atoms with Crippen LogP contribution in [0.1, 0.15) is 12.8 Å². The van der Waals surface area contributed by atoms with Crippen LogP contribution in [0.4, 0.5) is 5.82 Å². The van der Waals surface area contributed by atoms with Gasteiger partial charge in [-0.2, -0.15) is 0 Å². The lowest BCUT2D eigenvalue weighted by molar-refractivity contribution is -0.117. The normalized spacial score (nSPS) is 14.3. The van der Waals surface area contributed by atoms with Crippen LogP contribution in [-0.2, 0) is 16.3 Å². The number of ether oxygens (including phenoxy) is 1. The third kappa shape index (κ3) is 4.47. The van der Waals surface area contributed by atoms with Crippen molar-refractivity contribution < 1.29 is 9.53 Å². The van der Waals surface area contributed by atoms with Crippen LogP contribution < -0.4 is 5.32 Å². The maximum atomic E-state index is 12.2. The highest BCUT2D eigenvalue weighted by Crippen LogP contribution is 2.33. The zero-order valence-corrected chi connectivity index (χ0v) is 19.8. The Hall–Kier alpha value is -2.97. The molecule has 32 heavy (non-hydrogen) atoms. The van der Waals surface area contributed by atoms with Gasteiger partial charge in [0.05, 0.1) is 0 Å². The van der Waals surface area contributed by atoms with E-state index in [2.05, 4.69) is 48.4 Å². The average Bonchev–Trinajstić information content (AvgIpc) is 3.40. The first-order valence-electron chi connectivity index (χ1n) is 11.2. The molecule has 4 heterocycles. The zero-order valence-electron chi connectivity index (χ0n) is 18.8. The Morgan fingerprint density at radius 2 is 2.03 bits per heavy atom. The van der Waals surface area contributed by atoms with E-state index in [9.17, 15) is 4.79 Å². The molecule has 7 nitrogen and oxygen atoms in total. The molecule has 166 valence electrons. The highest BCUT2D eigenvalue weighted by molar-refractivity contribution is 6.76. The molecule has 0 saturated heterocycles. The second kappa shape index (κ2) is 8.18. The zero-order chi connectivity index (χ0) is 22.3. The molecule has 0 atom stereocenters. The lowest BCUT2D eigenvalue weighted by Crippen LogP contribution is -2.22. The van der Waals surface area contributed by atoms with Crippen LogP contribution in [0.15, 0.2) is 49.1 Å². The summed E-state index contributed by atoms with van der Waals surface area (Å²) in [6, 6.07) is 9.14. The Bertz CT molecular complexity index is 1280. The van der Waals surface area contributed by atoms with E-state index in [1.165, 1.54) is 0 Å². The van der Waals surface area contributed by atoms with Gasteiger partial charge in [-0.05, 0) is 43.2 Å². The first kappa shape index (κ1) is 20.9. The molecule has 1 saturated carbocycles. The van der Waals surface area contributed by atoms with Gasteiger partial charge in [-0.1, -0.05) is 19.6 Å². The molecule has 5 rings (SSSR count). The summed E-state index contributed by atoms with van der Waals surface area (Å²) in [4.78, 5) is 21.4. The van der Waals surface area contributed by atoms with E-state index in [1.54, 1.807) is 6.20 Å². The molecule has 0 bridgehead atoms. The number of imidazole rings is 1. The summed E-state index contributed by atoms with van der Waals surface area (Å²) in [7, 11) is -1.15. The van der Waals surface area contributed by atoms with Crippen LogP contribution in [0.5, 0.6) is 0 Å². The van der Waals surface area contributed by atoms with Crippen molar-refractivity contribution in [1.29, 1.82) is 0 Å². The standard InChI is InChI=1S/C24H29N5O2Si/c1-32(2,3)13-12-31-16-29-15-20(18-6-9-22-25-10-11-28(22)14-18)19-7-8-21(26-23(19)29)27-24(30)17-4-5-17/h6-11,14-15,17H,4-5,12-13,16H2,1-3H3,(H,26,27,30). The fourth-order valence-electron chi connectivity index (χ4n) is 3.76. The predicted molar refractivity (Wildman–Crippen MR) is 129 cm³/mol. The molecule has 0 spiro atoms. The van der Waals surface area contributed by atoms with Gasteiger partial charge in [-0.25, -0.2) is 9.97 Å². The van der Waals surface area contributed by atoms with Crippen molar-refractivity contribution in [3.05, 3.63) is 49.1 Å². The number of amides is 1. The third-order valence-corrected chi connectivity index (χ3v) is 7.55. The average molecular weight is 448 g/mol. The van der Waals surface area contributed by atoms with Crippen LogP contribution >= 0.6 is 0 Å². The highest BCUT2D eigenvalue weighted by Gasteiger charge is 2.30. The molecule has 0 radical (unpaired) electrons. The van der Waals surface area contributed by atoms with Crippen molar-refractivity contribution in [2.45, 2.75) is 45.3 Å². The summed E-state index contributed by atoms with van der Waals surface area (Å²) in [6.45, 7) is 8.22. The monoisotopic (exact) mass is 447 g/mol. The first-order chi connectivity index (χ1) is 15.4. The molecule has 1 N–H and O–H groups in total. The van der Waals surface area contributed by atoms with E-state index in [4.69, 9.17) is 9.72 Å². The lowest BCUT2D eigenvalue weighted by atomic mass is 10.1. The van der Waals surface area contributed by atoms with Crippen LogP contribution in [0.2, 0.25) is 25.7 Å². The molecule has 4 aromatic rings. The van der Waals surface area contributed by atoms with Gasteiger partial charge < -0.3 is 19.0 Å². The fourth-order valence-corrected chi connectivity index (χ4v) is 4.51. The molecule has 1 aliphatic rings. The van der Waals surface area contributed by atoms with E-state index in [0.29, 0.717) is 12.5 Å². The number of hydrogen-bond donors (Lipinski definition) is 1. The van der Waals surface area contributed by atoms with E-state index in [0.717, 1.165) is 53.3 Å². The Kier molecular flexibility index (Phi) is 5.34. The SMILES string of the molecule is C[Si](C)(C)CCOCn1cc(-c2ccc3nccn3c2)c2ccc(NC(=O)C3CC3)nc21. The van der Waals surface area contributed by atoms with Crippen molar-refractivity contribution in [1.82, 2.24) is 18.9 Å². The molecule has 0 aromatic carbocycles. The summed E-state index contributed by atoms with van der Waals surface area (Å²) in [5, 5.41) is 4.00. The largest absolute Gasteiger partial charge is 0.361 e. The number of carbonyl (C=O) groups is 1. The Balaban J connectivity index is 1.48. The molecule has 4 aromatic heterocycles. The van der Waals surface area contributed by atoms with Crippen molar-refractivity contribution in [2.24, 2.45) is 5.92 Å². The minimum absolute atomic E-state index is 0.0622. The fraction of sp³-hybridized carbons (Fsp3) is 0.375. The van der Waals surface area contributed by atoms with Crippen molar-refractivity contribution in [3.63, 3.8) is 0 Å². The van der Waals surface area contributed by atoms with E-state index in [1.807, 2.05) is 33.4 Å². The molecule has 1 amide bonds. The van der Waals surface area contributed by atoms with E-state index < -0.39 is 8.07 Å². The number of pyridine rings is 2. The van der Waals surface area contributed by atoms with Crippen LogP contribution in [-0.4, -0.2) is 39.5 Å². The number of fused-ring (bicyclic) bond motifs is 2. The number of anilines is 1. The topological polar surface area (TPSA) is 73.5 Å². The highest BCUT2D eigenvalue weighted by atomic mass is 28.3. The maximum Gasteiger partial charge on any atom is 0.228 e. The Morgan fingerprint density at radius 3 is 2.81 bits per heavy atom. The van der Waals surface area contributed by atoms with Crippen LogP contribution in [0.25, 0.3) is 27.8 Å². The number of aromatic nitrogens is 4. The molecule has 8 heteroatoms. The second-order valence-electron chi connectivity index (χ2n) is 9.80. The van der Waals surface area contributed by atoms with Crippen molar-refractivity contribution in [2.75, 3.05) is 11.9 Å². The lowest BCUT2D eigenvalue weighted by Gasteiger charge is -2.15. The van der Waals surface area contributed by atoms with Gasteiger partial charge in [0, 0.05) is 61.9 Å². The van der Waals surface area contributed by atoms with Gasteiger partial charge >= 0.3 is 0 Å². The predicted octanol–water partition coefficient (Wildman–Crippen LogP) is 5.01. The minimum Gasteiger partial charge on any atom is -0.361 e. The quantitative estimate of drug-likeness (QED) is 0.304. The molecular weight excluding hydrogens is 418 g/mol. The number of nitrogens with one attached hydrogen (secondary N) is 1. The van der Waals surface area contributed by atoms with Gasteiger partial charge in [0.2, 0.25) is 5.91 Å².